The second-order valence-electron chi connectivity index (χ2n) is 18.7. The average Bonchev–Trinajstić information content (AvgIpc) is 3.33. The van der Waals surface area contributed by atoms with Crippen LogP contribution < -0.4 is 0 Å². The van der Waals surface area contributed by atoms with Gasteiger partial charge in [-0.15, -0.1) is 0 Å². The second kappa shape index (κ2) is 41.6. The van der Waals surface area contributed by atoms with E-state index in [1.165, 1.54) is 89.9 Å². The lowest BCUT2D eigenvalue weighted by atomic mass is 9.98. The summed E-state index contributed by atoms with van der Waals surface area (Å²) in [6, 6.07) is 0. The molecule has 2 saturated heterocycles. The number of ether oxygens (including phenoxy) is 6. The van der Waals surface area contributed by atoms with Crippen LogP contribution in [0, 0.1) is 0 Å². The SMILES string of the molecule is CCCCC/C=C\C/C=C\CCCCCCCCCC(=O)OC(COCCCCCCCC/C=C\C/C=C\CCCCCC)COC1OC(COC2OC(CO)C(O)C(O)C2O)C(O)C(O)C1O. The quantitative estimate of drug-likeness (QED) is 0.0174. The van der Waals surface area contributed by atoms with Crippen LogP contribution in [0.25, 0.3) is 0 Å². The number of allylic oxidation sites excluding steroid dienone is 8. The third-order valence-electron chi connectivity index (χ3n) is 12.6. The molecule has 14 heteroatoms. The van der Waals surface area contributed by atoms with Crippen LogP contribution in [-0.4, -0.2) is 142 Å². The third-order valence-corrected chi connectivity index (χ3v) is 12.6. The van der Waals surface area contributed by atoms with Gasteiger partial charge in [-0.25, -0.2) is 0 Å². The van der Waals surface area contributed by atoms with Gasteiger partial charge in [0.05, 0.1) is 26.4 Å². The fraction of sp³-hybridized carbons (Fsp3) is 0.833. The summed E-state index contributed by atoms with van der Waals surface area (Å²) in [5, 5.41) is 72.2. The van der Waals surface area contributed by atoms with E-state index in [9.17, 15) is 40.5 Å². The van der Waals surface area contributed by atoms with Gasteiger partial charge >= 0.3 is 5.97 Å². The summed E-state index contributed by atoms with van der Waals surface area (Å²) in [5.74, 6) is -0.389. The van der Waals surface area contributed by atoms with Crippen molar-refractivity contribution in [2.24, 2.45) is 0 Å². The van der Waals surface area contributed by atoms with Crippen LogP contribution in [0.2, 0.25) is 0 Å². The van der Waals surface area contributed by atoms with Gasteiger partial charge in [0.1, 0.15) is 54.9 Å². The molecule has 68 heavy (non-hydrogen) atoms. The maximum atomic E-state index is 13.0. The molecule has 0 aromatic rings. The average molecular weight is 969 g/mol. The Labute approximate surface area is 410 Å². The molecule has 0 bridgehead atoms. The van der Waals surface area contributed by atoms with Gasteiger partial charge in [0.15, 0.2) is 12.6 Å². The van der Waals surface area contributed by atoms with Crippen LogP contribution in [0.5, 0.6) is 0 Å². The molecular weight excluding hydrogens is 873 g/mol. The van der Waals surface area contributed by atoms with Crippen LogP contribution in [0.15, 0.2) is 48.6 Å². The number of esters is 1. The Morgan fingerprint density at radius 3 is 1.44 bits per heavy atom. The molecule has 2 heterocycles. The van der Waals surface area contributed by atoms with Crippen molar-refractivity contribution < 1.29 is 69.0 Å². The number of rotatable bonds is 42. The van der Waals surface area contributed by atoms with Crippen molar-refractivity contribution >= 4 is 5.97 Å². The lowest BCUT2D eigenvalue weighted by Crippen LogP contribution is -2.61. The summed E-state index contributed by atoms with van der Waals surface area (Å²) in [7, 11) is 0. The molecule has 11 atom stereocenters. The molecule has 2 fully saturated rings. The highest BCUT2D eigenvalue weighted by Gasteiger charge is 2.47. The van der Waals surface area contributed by atoms with Gasteiger partial charge in [0.2, 0.25) is 0 Å². The Bertz CT molecular complexity index is 1310. The molecule has 0 aromatic carbocycles. The molecule has 0 spiro atoms. The molecule has 2 aliphatic heterocycles. The van der Waals surface area contributed by atoms with Gasteiger partial charge < -0.3 is 64.2 Å². The Morgan fingerprint density at radius 1 is 0.485 bits per heavy atom. The zero-order valence-corrected chi connectivity index (χ0v) is 42.1. The third kappa shape index (κ3) is 28.7. The van der Waals surface area contributed by atoms with Gasteiger partial charge in [0.25, 0.3) is 0 Å². The first-order valence-electron chi connectivity index (χ1n) is 26.7. The molecule has 7 N–H and O–H groups in total. The van der Waals surface area contributed by atoms with Crippen LogP contribution in [0.4, 0.5) is 0 Å². The van der Waals surface area contributed by atoms with Crippen LogP contribution in [0.3, 0.4) is 0 Å². The fourth-order valence-electron chi connectivity index (χ4n) is 8.17. The maximum Gasteiger partial charge on any atom is 0.306 e. The van der Waals surface area contributed by atoms with E-state index in [4.69, 9.17) is 28.4 Å². The number of aliphatic hydroxyl groups excluding tert-OH is 7. The Hall–Kier alpha value is -2.05. The molecule has 396 valence electrons. The molecule has 2 aliphatic rings. The van der Waals surface area contributed by atoms with E-state index in [1.54, 1.807) is 0 Å². The fourth-order valence-corrected chi connectivity index (χ4v) is 8.17. The van der Waals surface area contributed by atoms with E-state index in [0.29, 0.717) is 13.0 Å². The van der Waals surface area contributed by atoms with E-state index < -0.39 is 80.7 Å². The minimum atomic E-state index is -1.71. The molecular formula is C54H96O14. The smallest absolute Gasteiger partial charge is 0.306 e. The molecule has 0 radical (unpaired) electrons. The highest BCUT2D eigenvalue weighted by Crippen LogP contribution is 2.26. The summed E-state index contributed by atoms with van der Waals surface area (Å²) < 4.78 is 34.3. The first-order chi connectivity index (χ1) is 33.1. The molecule has 14 nitrogen and oxygen atoms in total. The van der Waals surface area contributed by atoms with Gasteiger partial charge in [-0.3, -0.25) is 4.79 Å². The van der Waals surface area contributed by atoms with Crippen LogP contribution >= 0.6 is 0 Å². The zero-order valence-electron chi connectivity index (χ0n) is 42.1. The van der Waals surface area contributed by atoms with Gasteiger partial charge in [-0.2, -0.15) is 0 Å². The number of carbonyl (C=O) groups is 1. The number of hydrogen-bond donors (Lipinski definition) is 7. The predicted molar refractivity (Wildman–Crippen MR) is 266 cm³/mol. The number of hydrogen-bond acceptors (Lipinski definition) is 14. The topological polar surface area (TPSA) is 214 Å². The van der Waals surface area contributed by atoms with Crippen molar-refractivity contribution in [1.29, 1.82) is 0 Å². The molecule has 0 aliphatic carbocycles. The Kier molecular flexibility index (Phi) is 37.9. The standard InChI is InChI=1S/C54H96O14/c1-3-5-7-9-11-13-15-17-19-21-23-25-27-29-31-33-35-37-46(56)66-43(40-63-38-36-34-32-30-28-26-24-22-20-18-16-14-12-10-8-6-4-2)41-64-53-52(62)50(60)48(58)45(68-53)42-65-54-51(61)49(59)47(57)44(39-55)67-54/h11,13-14,16-17,19-20,22,43-45,47-55,57-62H,3-10,12,15,18,21,23-42H2,1-2H3/b13-11-,16-14-,19-17-,22-20-. The highest BCUT2D eigenvalue weighted by atomic mass is 16.7. The van der Waals surface area contributed by atoms with Gasteiger partial charge in [-0.1, -0.05) is 152 Å². The lowest BCUT2D eigenvalue weighted by molar-refractivity contribution is -0.332. The van der Waals surface area contributed by atoms with E-state index >= 15 is 0 Å². The largest absolute Gasteiger partial charge is 0.457 e. The molecule has 0 saturated carbocycles. The van der Waals surface area contributed by atoms with Crippen molar-refractivity contribution in [1.82, 2.24) is 0 Å². The van der Waals surface area contributed by atoms with Crippen molar-refractivity contribution in [2.45, 2.75) is 255 Å². The summed E-state index contributed by atoms with van der Waals surface area (Å²) in [5.41, 5.74) is 0. The first-order valence-corrected chi connectivity index (χ1v) is 26.7. The predicted octanol–water partition coefficient (Wildman–Crippen LogP) is 8.35. The van der Waals surface area contributed by atoms with Crippen molar-refractivity contribution in [3.05, 3.63) is 48.6 Å². The molecule has 0 aromatic heterocycles. The zero-order chi connectivity index (χ0) is 49.5. The summed E-state index contributed by atoms with van der Waals surface area (Å²) in [4.78, 5) is 13.0. The van der Waals surface area contributed by atoms with Crippen molar-refractivity contribution in [2.75, 3.05) is 33.0 Å². The van der Waals surface area contributed by atoms with Crippen LogP contribution in [-0.2, 0) is 33.2 Å². The molecule has 2 rings (SSSR count). The van der Waals surface area contributed by atoms with Crippen LogP contribution in [0.1, 0.15) is 187 Å². The molecule has 11 unspecified atom stereocenters. The number of unbranched alkanes of at least 4 members (excludes halogenated alkanes) is 20. The lowest BCUT2D eigenvalue weighted by Gasteiger charge is -2.42. The van der Waals surface area contributed by atoms with E-state index in [0.717, 1.165) is 70.6 Å². The minimum Gasteiger partial charge on any atom is -0.457 e. The first kappa shape index (κ1) is 62.1. The summed E-state index contributed by atoms with van der Waals surface area (Å²) >= 11 is 0. The summed E-state index contributed by atoms with van der Waals surface area (Å²) in [6.45, 7) is 3.61. The number of carbonyl (C=O) groups excluding carboxylic acids is 1. The van der Waals surface area contributed by atoms with E-state index in [-0.39, 0.29) is 25.6 Å². The molecule has 0 amide bonds. The summed E-state index contributed by atoms with van der Waals surface area (Å²) in [6.07, 6.45) is 31.6. The van der Waals surface area contributed by atoms with Crippen molar-refractivity contribution in [3.63, 3.8) is 0 Å². The minimum absolute atomic E-state index is 0.0503. The van der Waals surface area contributed by atoms with Gasteiger partial charge in [-0.05, 0) is 77.0 Å². The van der Waals surface area contributed by atoms with Crippen molar-refractivity contribution in [3.8, 4) is 0 Å². The Balaban J connectivity index is 1.77. The van der Waals surface area contributed by atoms with E-state index in [2.05, 4.69) is 62.5 Å². The maximum absolute atomic E-state index is 13.0. The monoisotopic (exact) mass is 969 g/mol. The normalized spacial score (nSPS) is 26.2. The van der Waals surface area contributed by atoms with E-state index in [1.807, 2.05) is 0 Å². The second-order valence-corrected chi connectivity index (χ2v) is 18.7. The van der Waals surface area contributed by atoms with Gasteiger partial charge in [0, 0.05) is 13.0 Å². The number of aliphatic hydroxyl groups is 7. The highest BCUT2D eigenvalue weighted by molar-refractivity contribution is 5.69. The Morgan fingerprint density at radius 2 is 0.912 bits per heavy atom.